The van der Waals surface area contributed by atoms with Crippen LogP contribution in [-0.2, 0) is 16.0 Å². The Balaban J connectivity index is 1.38. The monoisotopic (exact) mass is 377 g/mol. The molecule has 0 radical (unpaired) electrons. The van der Waals surface area contributed by atoms with Crippen molar-refractivity contribution in [1.82, 2.24) is 10.2 Å². The van der Waals surface area contributed by atoms with Crippen LogP contribution in [0.15, 0.2) is 48.5 Å². The highest BCUT2D eigenvalue weighted by Gasteiger charge is 2.21. The van der Waals surface area contributed by atoms with Gasteiger partial charge in [-0.3, -0.25) is 9.59 Å². The number of hydrogen-bond donors (Lipinski definition) is 1. The van der Waals surface area contributed by atoms with Crippen LogP contribution in [0.5, 0.6) is 0 Å². The van der Waals surface area contributed by atoms with Gasteiger partial charge in [0.15, 0.2) is 0 Å². The van der Waals surface area contributed by atoms with Crippen LogP contribution in [0.4, 0.5) is 5.69 Å². The van der Waals surface area contributed by atoms with Crippen molar-refractivity contribution in [3.05, 3.63) is 54.1 Å². The van der Waals surface area contributed by atoms with Gasteiger partial charge in [0.2, 0.25) is 11.8 Å². The lowest BCUT2D eigenvalue weighted by Gasteiger charge is -2.31. The summed E-state index contributed by atoms with van der Waals surface area (Å²) >= 11 is 0. The summed E-state index contributed by atoms with van der Waals surface area (Å²) in [5.41, 5.74) is 4.84. The first-order valence-corrected chi connectivity index (χ1v) is 10.2. The van der Waals surface area contributed by atoms with Crippen LogP contribution < -0.4 is 10.2 Å². The smallest absolute Gasteiger partial charge is 0.241 e. The topological polar surface area (TPSA) is 52.7 Å². The van der Waals surface area contributed by atoms with Crippen molar-refractivity contribution in [3.63, 3.8) is 0 Å². The summed E-state index contributed by atoms with van der Waals surface area (Å²) < 4.78 is 0. The number of hydrogen-bond acceptors (Lipinski definition) is 3. The van der Waals surface area contributed by atoms with E-state index in [-0.39, 0.29) is 18.4 Å². The molecule has 5 heteroatoms. The van der Waals surface area contributed by atoms with Crippen molar-refractivity contribution in [1.29, 1.82) is 0 Å². The summed E-state index contributed by atoms with van der Waals surface area (Å²) in [5.74, 6) is -0.0649. The average molecular weight is 377 g/mol. The molecule has 0 saturated carbocycles. The van der Waals surface area contributed by atoms with Gasteiger partial charge in [-0.1, -0.05) is 36.4 Å². The molecule has 4 rings (SSSR count). The van der Waals surface area contributed by atoms with Crippen LogP contribution in [0.1, 0.15) is 24.8 Å². The third kappa shape index (κ3) is 4.19. The molecule has 0 unspecified atom stereocenters. The standard InChI is InChI=1S/C23H27N3O2/c27-22(24-16-23(28)25-12-4-5-13-25)17-26-14-6-9-20-15-19(10-11-21(20)26)18-7-2-1-3-8-18/h1-3,7-8,10-11,15H,4-6,9,12-14,16-17H2,(H,24,27). The average Bonchev–Trinajstić information content (AvgIpc) is 3.27. The Kier molecular flexibility index (Phi) is 5.60. The first-order chi connectivity index (χ1) is 13.7. The lowest BCUT2D eigenvalue weighted by molar-refractivity contribution is -0.131. The number of nitrogens with one attached hydrogen (secondary N) is 1. The summed E-state index contributed by atoms with van der Waals surface area (Å²) in [6, 6.07) is 16.9. The molecule has 1 fully saturated rings. The highest BCUT2D eigenvalue weighted by Crippen LogP contribution is 2.31. The van der Waals surface area contributed by atoms with Gasteiger partial charge in [0.05, 0.1) is 13.1 Å². The van der Waals surface area contributed by atoms with E-state index in [1.807, 2.05) is 11.0 Å². The van der Waals surface area contributed by atoms with E-state index >= 15 is 0 Å². The molecule has 2 heterocycles. The number of rotatable bonds is 5. The zero-order valence-corrected chi connectivity index (χ0v) is 16.2. The fourth-order valence-electron chi connectivity index (χ4n) is 4.13. The third-order valence-corrected chi connectivity index (χ3v) is 5.63. The van der Waals surface area contributed by atoms with Crippen molar-refractivity contribution in [2.24, 2.45) is 0 Å². The van der Waals surface area contributed by atoms with Crippen LogP contribution >= 0.6 is 0 Å². The number of likely N-dealkylation sites (tertiary alicyclic amines) is 1. The van der Waals surface area contributed by atoms with Crippen LogP contribution in [-0.4, -0.2) is 49.4 Å². The van der Waals surface area contributed by atoms with Crippen molar-refractivity contribution in [2.75, 3.05) is 37.6 Å². The predicted molar refractivity (Wildman–Crippen MR) is 111 cm³/mol. The maximum Gasteiger partial charge on any atom is 0.241 e. The number of carbonyl (C=O) groups excluding carboxylic acids is 2. The Bertz CT molecular complexity index is 844. The van der Waals surface area contributed by atoms with Crippen LogP contribution in [0.25, 0.3) is 11.1 Å². The Morgan fingerprint density at radius 1 is 0.893 bits per heavy atom. The molecule has 0 atom stereocenters. The van der Waals surface area contributed by atoms with Gasteiger partial charge >= 0.3 is 0 Å². The van der Waals surface area contributed by atoms with E-state index in [2.05, 4.69) is 52.7 Å². The number of anilines is 1. The quantitative estimate of drug-likeness (QED) is 0.872. The SMILES string of the molecule is O=C(CN1CCCc2cc(-c3ccccc3)ccc21)NCC(=O)N1CCCC1. The zero-order chi connectivity index (χ0) is 19.3. The molecule has 2 aromatic carbocycles. The lowest BCUT2D eigenvalue weighted by Crippen LogP contribution is -2.44. The number of nitrogens with zero attached hydrogens (tertiary/aromatic N) is 2. The summed E-state index contributed by atoms with van der Waals surface area (Å²) in [4.78, 5) is 28.5. The van der Waals surface area contributed by atoms with Gasteiger partial charge in [0.25, 0.3) is 0 Å². The van der Waals surface area contributed by atoms with Crippen molar-refractivity contribution < 1.29 is 9.59 Å². The molecule has 0 aromatic heterocycles. The summed E-state index contributed by atoms with van der Waals surface area (Å²) in [7, 11) is 0. The Labute approximate surface area is 166 Å². The van der Waals surface area contributed by atoms with E-state index in [9.17, 15) is 9.59 Å². The summed E-state index contributed by atoms with van der Waals surface area (Å²) in [6.07, 6.45) is 4.19. The second-order valence-corrected chi connectivity index (χ2v) is 7.60. The van der Waals surface area contributed by atoms with E-state index < -0.39 is 0 Å². The number of fused-ring (bicyclic) bond motifs is 1. The zero-order valence-electron chi connectivity index (χ0n) is 16.2. The van der Waals surface area contributed by atoms with E-state index in [1.54, 1.807) is 0 Å². The van der Waals surface area contributed by atoms with Crippen LogP contribution in [0.3, 0.4) is 0 Å². The molecule has 2 amide bonds. The van der Waals surface area contributed by atoms with Crippen molar-refractivity contribution in [3.8, 4) is 11.1 Å². The molecule has 2 aliphatic rings. The third-order valence-electron chi connectivity index (χ3n) is 5.63. The highest BCUT2D eigenvalue weighted by molar-refractivity contribution is 5.87. The maximum atomic E-state index is 12.4. The molecule has 28 heavy (non-hydrogen) atoms. The van der Waals surface area contributed by atoms with Crippen LogP contribution in [0, 0.1) is 0 Å². The Hall–Kier alpha value is -2.82. The largest absolute Gasteiger partial charge is 0.362 e. The molecular formula is C23H27N3O2. The second-order valence-electron chi connectivity index (χ2n) is 7.60. The van der Waals surface area contributed by atoms with Crippen molar-refractivity contribution in [2.45, 2.75) is 25.7 Å². The minimum absolute atomic E-state index is 0.0254. The van der Waals surface area contributed by atoms with Gasteiger partial charge in [-0.15, -0.1) is 0 Å². The molecule has 1 saturated heterocycles. The Morgan fingerprint density at radius 3 is 2.46 bits per heavy atom. The fraction of sp³-hybridized carbons (Fsp3) is 0.391. The van der Waals surface area contributed by atoms with E-state index in [1.165, 1.54) is 16.7 Å². The van der Waals surface area contributed by atoms with Gasteiger partial charge in [-0.25, -0.2) is 0 Å². The van der Waals surface area contributed by atoms with Gasteiger partial charge < -0.3 is 15.1 Å². The molecule has 0 aliphatic carbocycles. The van der Waals surface area contributed by atoms with E-state index in [0.29, 0.717) is 6.54 Å². The second kappa shape index (κ2) is 8.46. The van der Waals surface area contributed by atoms with Gasteiger partial charge in [0, 0.05) is 25.3 Å². The maximum absolute atomic E-state index is 12.4. The highest BCUT2D eigenvalue weighted by atomic mass is 16.2. The number of amides is 2. The molecule has 0 spiro atoms. The number of benzene rings is 2. The molecule has 1 N–H and O–H groups in total. The molecular weight excluding hydrogens is 350 g/mol. The molecule has 146 valence electrons. The minimum atomic E-state index is -0.0902. The van der Waals surface area contributed by atoms with Crippen molar-refractivity contribution >= 4 is 17.5 Å². The molecule has 2 aliphatic heterocycles. The van der Waals surface area contributed by atoms with Crippen LogP contribution in [0.2, 0.25) is 0 Å². The van der Waals surface area contributed by atoms with E-state index in [4.69, 9.17) is 0 Å². The minimum Gasteiger partial charge on any atom is -0.362 e. The molecule has 2 aromatic rings. The number of aryl methyl sites for hydroxylation is 1. The predicted octanol–water partition coefficient (Wildman–Crippen LogP) is 2.84. The fourth-order valence-corrected chi connectivity index (χ4v) is 4.13. The Morgan fingerprint density at radius 2 is 1.68 bits per heavy atom. The first kappa shape index (κ1) is 18.5. The molecule has 0 bridgehead atoms. The normalized spacial score (nSPS) is 16.0. The van der Waals surface area contributed by atoms with E-state index in [0.717, 1.165) is 51.0 Å². The lowest BCUT2D eigenvalue weighted by atomic mass is 9.96. The molecule has 5 nitrogen and oxygen atoms in total. The summed E-state index contributed by atoms with van der Waals surface area (Å²) in [5, 5.41) is 2.80. The summed E-state index contributed by atoms with van der Waals surface area (Å²) in [6.45, 7) is 2.90. The number of carbonyl (C=O) groups is 2. The first-order valence-electron chi connectivity index (χ1n) is 10.2. The van der Waals surface area contributed by atoms with Gasteiger partial charge in [0.1, 0.15) is 0 Å². The van der Waals surface area contributed by atoms with Gasteiger partial charge in [-0.2, -0.15) is 0 Å². The van der Waals surface area contributed by atoms with Gasteiger partial charge in [-0.05, 0) is 54.5 Å².